The van der Waals surface area contributed by atoms with Crippen molar-refractivity contribution >= 4 is 22.6 Å². The standard InChI is InChI=1S/C17H17N7O/c1-9-4-12-14(5-11(9)6-18)22-24-16(12)21-17(25)13-8-20-23-15(13)10-2-3-19-7-10/h4-5,8,10,19H,2-3,7H2,1H3,(H,20,23)(H2,21,22,24,25). The Kier molecular flexibility index (Phi) is 3.71. The van der Waals surface area contributed by atoms with Crippen molar-refractivity contribution in [1.29, 1.82) is 5.26 Å². The lowest BCUT2D eigenvalue weighted by Gasteiger charge is -2.09. The van der Waals surface area contributed by atoms with E-state index in [1.54, 1.807) is 12.3 Å². The number of hydrogen-bond donors (Lipinski definition) is 4. The lowest BCUT2D eigenvalue weighted by Crippen LogP contribution is -2.16. The number of benzene rings is 1. The monoisotopic (exact) mass is 335 g/mol. The summed E-state index contributed by atoms with van der Waals surface area (Å²) in [6, 6.07) is 5.73. The number of aromatic amines is 2. The van der Waals surface area contributed by atoms with Gasteiger partial charge >= 0.3 is 0 Å². The minimum absolute atomic E-state index is 0.244. The topological polar surface area (TPSA) is 122 Å². The molecule has 1 aliphatic heterocycles. The van der Waals surface area contributed by atoms with Crippen LogP contribution in [0.15, 0.2) is 18.3 Å². The van der Waals surface area contributed by atoms with Crippen molar-refractivity contribution in [3.63, 3.8) is 0 Å². The maximum Gasteiger partial charge on any atom is 0.260 e. The van der Waals surface area contributed by atoms with Gasteiger partial charge in [-0.2, -0.15) is 15.5 Å². The van der Waals surface area contributed by atoms with Gasteiger partial charge in [0, 0.05) is 17.8 Å². The van der Waals surface area contributed by atoms with Crippen LogP contribution in [-0.4, -0.2) is 39.4 Å². The van der Waals surface area contributed by atoms with E-state index >= 15 is 0 Å². The van der Waals surface area contributed by atoms with Crippen LogP contribution in [0, 0.1) is 18.3 Å². The molecule has 1 amide bonds. The van der Waals surface area contributed by atoms with Crippen LogP contribution < -0.4 is 10.6 Å². The van der Waals surface area contributed by atoms with E-state index in [1.807, 2.05) is 13.0 Å². The van der Waals surface area contributed by atoms with E-state index in [4.69, 9.17) is 5.26 Å². The van der Waals surface area contributed by atoms with E-state index in [2.05, 4.69) is 37.1 Å². The fourth-order valence-corrected chi connectivity index (χ4v) is 3.25. The van der Waals surface area contributed by atoms with Crippen LogP contribution in [0.4, 0.5) is 5.82 Å². The van der Waals surface area contributed by atoms with Gasteiger partial charge in [-0.3, -0.25) is 15.0 Å². The normalized spacial score (nSPS) is 16.9. The number of nitrogens with zero attached hydrogens (tertiary/aromatic N) is 3. The molecule has 0 aliphatic carbocycles. The molecule has 2 aromatic heterocycles. The van der Waals surface area contributed by atoms with E-state index in [0.717, 1.165) is 36.2 Å². The molecular weight excluding hydrogens is 318 g/mol. The van der Waals surface area contributed by atoms with Gasteiger partial charge in [0.05, 0.1) is 34.6 Å². The number of amides is 1. The lowest BCUT2D eigenvalue weighted by molar-refractivity contribution is 0.102. The summed E-state index contributed by atoms with van der Waals surface area (Å²) in [6.45, 7) is 3.64. The third-order valence-electron chi connectivity index (χ3n) is 4.64. The molecule has 0 spiro atoms. The maximum absolute atomic E-state index is 12.7. The van der Waals surface area contributed by atoms with E-state index in [-0.39, 0.29) is 11.8 Å². The molecule has 0 bridgehead atoms. The van der Waals surface area contributed by atoms with Crippen molar-refractivity contribution in [3.05, 3.63) is 40.7 Å². The lowest BCUT2D eigenvalue weighted by atomic mass is 10.0. The molecule has 4 N–H and O–H groups in total. The molecule has 0 saturated carbocycles. The molecule has 25 heavy (non-hydrogen) atoms. The minimum atomic E-state index is -0.244. The molecule has 8 nitrogen and oxygen atoms in total. The number of carbonyl (C=O) groups is 1. The second-order valence-electron chi connectivity index (χ2n) is 6.24. The summed E-state index contributed by atoms with van der Waals surface area (Å²) in [5.74, 6) is 0.468. The molecule has 4 rings (SSSR count). The fraction of sp³-hybridized carbons (Fsp3) is 0.294. The zero-order valence-corrected chi connectivity index (χ0v) is 13.7. The van der Waals surface area contributed by atoms with Crippen LogP contribution in [0.2, 0.25) is 0 Å². The van der Waals surface area contributed by atoms with Gasteiger partial charge in [-0.25, -0.2) is 0 Å². The molecule has 8 heteroatoms. The summed E-state index contributed by atoms with van der Waals surface area (Å²) in [5, 5.41) is 30.1. The number of aryl methyl sites for hydroxylation is 1. The molecule has 3 heterocycles. The van der Waals surface area contributed by atoms with Crippen molar-refractivity contribution < 1.29 is 4.79 Å². The van der Waals surface area contributed by atoms with Crippen LogP contribution in [0.1, 0.15) is 39.5 Å². The van der Waals surface area contributed by atoms with Crippen molar-refractivity contribution in [2.75, 3.05) is 18.4 Å². The molecule has 1 unspecified atom stereocenters. The van der Waals surface area contributed by atoms with Gasteiger partial charge in [0.15, 0.2) is 5.82 Å². The smallest absolute Gasteiger partial charge is 0.260 e. The highest BCUT2D eigenvalue weighted by Gasteiger charge is 2.25. The number of anilines is 1. The summed E-state index contributed by atoms with van der Waals surface area (Å²) < 4.78 is 0. The van der Waals surface area contributed by atoms with Gasteiger partial charge in [0.1, 0.15) is 0 Å². The Labute approximate surface area is 143 Å². The highest BCUT2D eigenvalue weighted by atomic mass is 16.1. The Hall–Kier alpha value is -3.18. The molecule has 126 valence electrons. The first-order valence-corrected chi connectivity index (χ1v) is 8.11. The molecule has 1 aromatic carbocycles. The molecule has 3 aromatic rings. The van der Waals surface area contributed by atoms with Crippen molar-refractivity contribution in [3.8, 4) is 6.07 Å². The zero-order valence-electron chi connectivity index (χ0n) is 13.7. The number of nitriles is 1. The SMILES string of the molecule is Cc1cc2c(NC(=O)c3cn[nH]c3C3CCNC3)n[nH]c2cc1C#N. The summed E-state index contributed by atoms with van der Waals surface area (Å²) in [7, 11) is 0. The Bertz CT molecular complexity index is 988. The molecule has 1 aliphatic rings. The molecular formula is C17H17N7O. The van der Waals surface area contributed by atoms with Crippen LogP contribution >= 0.6 is 0 Å². The minimum Gasteiger partial charge on any atom is -0.316 e. The second kappa shape index (κ2) is 6.03. The Morgan fingerprint density at radius 3 is 3.04 bits per heavy atom. The maximum atomic E-state index is 12.7. The quantitative estimate of drug-likeness (QED) is 0.581. The highest BCUT2D eigenvalue weighted by molar-refractivity contribution is 6.08. The molecule has 1 saturated heterocycles. The fourth-order valence-electron chi connectivity index (χ4n) is 3.25. The van der Waals surface area contributed by atoms with Crippen LogP contribution in [0.5, 0.6) is 0 Å². The van der Waals surface area contributed by atoms with E-state index in [9.17, 15) is 4.79 Å². The first-order chi connectivity index (χ1) is 12.2. The van der Waals surface area contributed by atoms with Crippen molar-refractivity contribution in [1.82, 2.24) is 25.7 Å². The van der Waals surface area contributed by atoms with Crippen LogP contribution in [0.3, 0.4) is 0 Å². The van der Waals surface area contributed by atoms with Crippen molar-refractivity contribution in [2.24, 2.45) is 0 Å². The van der Waals surface area contributed by atoms with Gasteiger partial charge < -0.3 is 10.6 Å². The van der Waals surface area contributed by atoms with Gasteiger partial charge in [-0.1, -0.05) is 0 Å². The first kappa shape index (κ1) is 15.4. The average Bonchev–Trinajstić information content (AvgIpc) is 3.34. The van der Waals surface area contributed by atoms with Gasteiger partial charge in [-0.05, 0) is 37.6 Å². The number of carbonyl (C=O) groups excluding carboxylic acids is 1. The Morgan fingerprint density at radius 1 is 1.40 bits per heavy atom. The Morgan fingerprint density at radius 2 is 2.28 bits per heavy atom. The third-order valence-corrected chi connectivity index (χ3v) is 4.64. The molecule has 1 atom stereocenters. The second-order valence-corrected chi connectivity index (χ2v) is 6.24. The van der Waals surface area contributed by atoms with E-state index in [0.29, 0.717) is 22.5 Å². The molecule has 0 radical (unpaired) electrons. The predicted octanol–water partition coefficient (Wildman–Crippen LogP) is 1.80. The van der Waals surface area contributed by atoms with Crippen LogP contribution in [-0.2, 0) is 0 Å². The zero-order chi connectivity index (χ0) is 17.4. The summed E-state index contributed by atoms with van der Waals surface area (Å²) in [6.07, 6.45) is 2.53. The van der Waals surface area contributed by atoms with Gasteiger partial charge in [0.25, 0.3) is 5.91 Å². The van der Waals surface area contributed by atoms with Crippen LogP contribution in [0.25, 0.3) is 10.9 Å². The number of fused-ring (bicyclic) bond motifs is 1. The van der Waals surface area contributed by atoms with E-state index in [1.165, 1.54) is 0 Å². The predicted molar refractivity (Wildman–Crippen MR) is 92.3 cm³/mol. The first-order valence-electron chi connectivity index (χ1n) is 8.11. The van der Waals surface area contributed by atoms with Gasteiger partial charge in [0.2, 0.25) is 0 Å². The number of hydrogen-bond acceptors (Lipinski definition) is 5. The number of aromatic nitrogens is 4. The van der Waals surface area contributed by atoms with E-state index < -0.39 is 0 Å². The summed E-state index contributed by atoms with van der Waals surface area (Å²) in [5.41, 5.74) is 3.53. The highest BCUT2D eigenvalue weighted by Crippen LogP contribution is 2.27. The summed E-state index contributed by atoms with van der Waals surface area (Å²) >= 11 is 0. The number of rotatable bonds is 3. The third kappa shape index (κ3) is 2.64. The number of nitrogens with one attached hydrogen (secondary N) is 4. The Balaban J connectivity index is 1.64. The largest absolute Gasteiger partial charge is 0.316 e. The van der Waals surface area contributed by atoms with Crippen molar-refractivity contribution in [2.45, 2.75) is 19.3 Å². The average molecular weight is 335 g/mol. The van der Waals surface area contributed by atoms with Gasteiger partial charge in [-0.15, -0.1) is 0 Å². The molecule has 1 fully saturated rings. The number of H-pyrrole nitrogens is 2. The summed E-state index contributed by atoms with van der Waals surface area (Å²) in [4.78, 5) is 12.7.